The summed E-state index contributed by atoms with van der Waals surface area (Å²) in [5.41, 5.74) is 1.76. The minimum Gasteiger partial charge on any atom is -0.463 e. The van der Waals surface area contributed by atoms with Gasteiger partial charge >= 0.3 is 5.97 Å². The Labute approximate surface area is 240 Å². The minimum absolute atomic E-state index is 0.0910. The molecule has 2 saturated heterocycles. The highest BCUT2D eigenvalue weighted by Gasteiger charge is 2.81. The molecule has 8 nitrogen and oxygen atoms in total. The van der Waals surface area contributed by atoms with Crippen molar-refractivity contribution in [1.29, 1.82) is 0 Å². The molecule has 2 aliphatic heterocycles. The Morgan fingerprint density at radius 1 is 0.800 bits per heavy atom. The topological polar surface area (TPSA) is 101 Å². The lowest BCUT2D eigenvalue weighted by Crippen LogP contribution is -2.67. The van der Waals surface area contributed by atoms with Crippen LogP contribution in [0.5, 0.6) is 0 Å². The molecule has 2 aromatic rings. The van der Waals surface area contributed by atoms with Crippen LogP contribution in [0.25, 0.3) is 0 Å². The molecule has 2 unspecified atom stereocenters. The quantitative estimate of drug-likeness (QED) is 0.294. The van der Waals surface area contributed by atoms with Crippen molar-refractivity contribution < 1.29 is 28.7 Å². The molecule has 206 valence electrons. The van der Waals surface area contributed by atoms with Crippen LogP contribution in [0.2, 0.25) is 0 Å². The third-order valence-electron chi connectivity index (χ3n) is 9.30. The Kier molecular flexibility index (Phi) is 5.79. The first kappa shape index (κ1) is 26.6. The third kappa shape index (κ3) is 3.09. The van der Waals surface area contributed by atoms with E-state index in [9.17, 15) is 24.0 Å². The van der Waals surface area contributed by atoms with E-state index in [0.29, 0.717) is 16.9 Å². The van der Waals surface area contributed by atoms with Gasteiger partial charge in [-0.1, -0.05) is 47.1 Å². The monoisotopic (exact) mass is 604 g/mol. The molecule has 9 heteroatoms. The lowest BCUT2D eigenvalue weighted by Gasteiger charge is -2.59. The fourth-order valence-electron chi connectivity index (χ4n) is 7.77. The molecule has 1 saturated carbocycles. The number of carbonyl (C=O) groups is 5. The van der Waals surface area contributed by atoms with Crippen molar-refractivity contribution in [2.75, 3.05) is 16.4 Å². The molecule has 3 fully saturated rings. The van der Waals surface area contributed by atoms with Gasteiger partial charge < -0.3 is 4.74 Å². The van der Waals surface area contributed by atoms with Crippen LogP contribution in [0.15, 0.2) is 59.7 Å². The van der Waals surface area contributed by atoms with E-state index in [1.165, 1.54) is 0 Å². The van der Waals surface area contributed by atoms with Crippen molar-refractivity contribution >= 4 is 56.9 Å². The summed E-state index contributed by atoms with van der Waals surface area (Å²) in [6, 6.07) is 14.1. The Bertz CT molecular complexity index is 1490. The van der Waals surface area contributed by atoms with Gasteiger partial charge in [0.2, 0.25) is 23.6 Å². The van der Waals surface area contributed by atoms with Crippen molar-refractivity contribution in [3.8, 4) is 0 Å². The van der Waals surface area contributed by atoms with Gasteiger partial charge in [-0.2, -0.15) is 0 Å². The third-order valence-corrected chi connectivity index (χ3v) is 10.9. The molecule has 6 atom stereocenters. The zero-order valence-corrected chi connectivity index (χ0v) is 24.4. The largest absolute Gasteiger partial charge is 0.463 e. The average molecular weight is 605 g/mol. The Balaban J connectivity index is 1.60. The maximum Gasteiger partial charge on any atom is 0.334 e. The number of rotatable bonds is 4. The molecule has 4 amide bonds. The van der Waals surface area contributed by atoms with Gasteiger partial charge in [0.15, 0.2) is 0 Å². The fraction of sp³-hybridized carbons (Fsp3) is 0.387. The summed E-state index contributed by atoms with van der Waals surface area (Å²) in [7, 11) is 0. The van der Waals surface area contributed by atoms with Gasteiger partial charge in [-0.25, -0.2) is 14.6 Å². The van der Waals surface area contributed by atoms with E-state index in [0.717, 1.165) is 20.9 Å². The Hall–Kier alpha value is -3.59. The van der Waals surface area contributed by atoms with Crippen LogP contribution < -0.4 is 9.80 Å². The van der Waals surface area contributed by atoms with E-state index in [1.54, 1.807) is 57.2 Å². The summed E-state index contributed by atoms with van der Waals surface area (Å²) < 4.78 is 4.01. The van der Waals surface area contributed by atoms with Gasteiger partial charge in [0, 0.05) is 11.0 Å². The van der Waals surface area contributed by atoms with Crippen molar-refractivity contribution in [2.24, 2.45) is 29.1 Å². The van der Waals surface area contributed by atoms with E-state index in [2.05, 4.69) is 15.9 Å². The first-order chi connectivity index (χ1) is 18.9. The highest BCUT2D eigenvalue weighted by Crippen LogP contribution is 2.72. The molecule has 7 rings (SSSR count). The van der Waals surface area contributed by atoms with Crippen LogP contribution >= 0.6 is 15.9 Å². The number of benzene rings is 2. The van der Waals surface area contributed by atoms with E-state index >= 15 is 0 Å². The second-order valence-corrected chi connectivity index (χ2v) is 12.7. The summed E-state index contributed by atoms with van der Waals surface area (Å²) in [5, 5.41) is 0. The molecule has 0 radical (unpaired) electrons. The van der Waals surface area contributed by atoms with Gasteiger partial charge in [0.1, 0.15) is 0 Å². The van der Waals surface area contributed by atoms with Crippen LogP contribution in [0.1, 0.15) is 31.9 Å². The van der Waals surface area contributed by atoms with E-state index in [4.69, 9.17) is 4.74 Å². The minimum atomic E-state index is -1.46. The first-order valence-electron chi connectivity index (χ1n) is 13.4. The second-order valence-electron chi connectivity index (χ2n) is 11.4. The highest BCUT2D eigenvalue weighted by molar-refractivity contribution is 9.10. The number of alkyl halides is 1. The molecule has 5 aliphatic rings. The Morgan fingerprint density at radius 3 is 1.62 bits per heavy atom. The second kappa shape index (κ2) is 8.70. The predicted molar refractivity (Wildman–Crippen MR) is 150 cm³/mol. The van der Waals surface area contributed by atoms with Crippen LogP contribution in [-0.2, 0) is 28.7 Å². The molecule has 2 heterocycles. The number of halogens is 1. The predicted octanol–water partition coefficient (Wildman–Crippen LogP) is 4.26. The van der Waals surface area contributed by atoms with Gasteiger partial charge in [-0.15, -0.1) is 0 Å². The zero-order chi connectivity index (χ0) is 28.9. The fourth-order valence-corrected chi connectivity index (χ4v) is 8.89. The van der Waals surface area contributed by atoms with Crippen molar-refractivity contribution in [1.82, 2.24) is 0 Å². The van der Waals surface area contributed by atoms with Crippen molar-refractivity contribution in [3.05, 3.63) is 70.8 Å². The lowest BCUT2D eigenvalue weighted by atomic mass is 9.43. The summed E-state index contributed by atoms with van der Waals surface area (Å²) in [5.74, 6) is -6.66. The van der Waals surface area contributed by atoms with Crippen LogP contribution in [0.3, 0.4) is 0 Å². The number of allylic oxidation sites excluding steroid dienone is 1. The summed E-state index contributed by atoms with van der Waals surface area (Å²) >= 11 is 3.80. The maximum absolute atomic E-state index is 14.3. The number of esters is 1. The summed E-state index contributed by atoms with van der Waals surface area (Å²) in [6.07, 6.45) is 0. The van der Waals surface area contributed by atoms with Gasteiger partial charge in [0.05, 0.1) is 46.0 Å². The average Bonchev–Trinajstić information content (AvgIpc) is 3.33. The SMILES string of the molecule is CCOC(=O)C1=C(C)C2(Br)[C@H]3C(=O)N(c4cccc(C)c4)C(=O)[C@H]3C1(C)[C@H]1C(=O)N(c3cccc(C)c3)C(=O)[C@@H]12. The first-order valence-corrected chi connectivity index (χ1v) is 14.2. The van der Waals surface area contributed by atoms with Crippen LogP contribution in [-0.4, -0.2) is 40.5 Å². The smallest absolute Gasteiger partial charge is 0.334 e. The number of anilines is 2. The highest BCUT2D eigenvalue weighted by atomic mass is 79.9. The summed E-state index contributed by atoms with van der Waals surface area (Å²) in [6.45, 7) is 8.88. The number of carbonyl (C=O) groups excluding carboxylic acids is 5. The number of aryl methyl sites for hydroxylation is 2. The molecule has 0 spiro atoms. The lowest BCUT2D eigenvalue weighted by molar-refractivity contribution is -0.152. The number of ether oxygens (including phenoxy) is 1. The molecule has 3 aliphatic carbocycles. The number of nitrogens with zero attached hydrogens (tertiary/aromatic N) is 2. The van der Waals surface area contributed by atoms with Gasteiger partial charge in [-0.05, 0) is 68.7 Å². The summed E-state index contributed by atoms with van der Waals surface area (Å²) in [4.78, 5) is 73.0. The normalized spacial score (nSPS) is 32.6. The van der Waals surface area contributed by atoms with Crippen LogP contribution in [0.4, 0.5) is 11.4 Å². The van der Waals surface area contributed by atoms with E-state index in [-0.39, 0.29) is 12.2 Å². The molecular weight excluding hydrogens is 576 g/mol. The van der Waals surface area contributed by atoms with E-state index in [1.807, 2.05) is 26.0 Å². The number of hydrogen-bond acceptors (Lipinski definition) is 6. The van der Waals surface area contributed by atoms with Gasteiger partial charge in [0.25, 0.3) is 0 Å². The number of imide groups is 2. The van der Waals surface area contributed by atoms with Crippen molar-refractivity contribution in [3.63, 3.8) is 0 Å². The number of amides is 4. The number of hydrogen-bond donors (Lipinski definition) is 0. The molecule has 40 heavy (non-hydrogen) atoms. The molecule has 0 aromatic heterocycles. The molecule has 0 N–H and O–H groups in total. The van der Waals surface area contributed by atoms with Crippen molar-refractivity contribution in [2.45, 2.75) is 38.9 Å². The maximum atomic E-state index is 14.3. The van der Waals surface area contributed by atoms with Crippen LogP contribution in [0, 0.1) is 42.9 Å². The molecule has 2 bridgehead atoms. The Morgan fingerprint density at radius 2 is 1.23 bits per heavy atom. The molecule has 2 aromatic carbocycles. The molecular formula is C31H29BrN2O6. The van der Waals surface area contributed by atoms with E-state index < -0.39 is 63.0 Å². The van der Waals surface area contributed by atoms with Gasteiger partial charge in [-0.3, -0.25) is 19.2 Å². The standard InChI is InChI=1S/C31H29BrN2O6/c1-6-40-29(39)20-17(4)31(32)23-21(25(35)33(27(23)37)18-11-7-9-15(2)13-18)30(20,5)22-24(31)28(38)34(26(22)36)19-12-8-10-16(3)14-19/h7-14,21-24H,6H2,1-5H3/t21-,22+,23-,24-,30?,31?/m1/s1. The zero-order valence-electron chi connectivity index (χ0n) is 22.9.